The minimum atomic E-state index is -3.51. The SMILES string of the molecule is CCOC(=O)Cc1csc(NC(=O)/C=C/c2ccc(S(=O)(=O)N(CC)CC)cc2)n1. The van der Waals surface area contributed by atoms with E-state index in [1.807, 2.05) is 0 Å². The fourth-order valence-electron chi connectivity index (χ4n) is 2.59. The highest BCUT2D eigenvalue weighted by Gasteiger charge is 2.20. The molecule has 0 atom stereocenters. The molecule has 2 aromatic rings. The van der Waals surface area contributed by atoms with E-state index in [0.717, 1.165) is 0 Å². The van der Waals surface area contributed by atoms with Crippen molar-refractivity contribution in [2.75, 3.05) is 25.0 Å². The van der Waals surface area contributed by atoms with Crippen LogP contribution < -0.4 is 5.32 Å². The van der Waals surface area contributed by atoms with E-state index in [2.05, 4.69) is 10.3 Å². The van der Waals surface area contributed by atoms with Gasteiger partial charge in [-0.3, -0.25) is 14.9 Å². The third kappa shape index (κ3) is 6.48. The number of rotatable bonds is 10. The Bertz CT molecular complexity index is 994. The summed E-state index contributed by atoms with van der Waals surface area (Å²) in [6, 6.07) is 6.32. The van der Waals surface area contributed by atoms with Gasteiger partial charge in [0.25, 0.3) is 0 Å². The van der Waals surface area contributed by atoms with E-state index in [-0.39, 0.29) is 23.2 Å². The molecule has 1 amide bonds. The standard InChI is InChI=1S/C20H25N3O5S2/c1-4-23(5-2)30(26,27)17-10-7-15(8-11-17)9-12-18(24)22-20-21-16(14-29-20)13-19(25)28-6-3/h7-12,14H,4-6,13H2,1-3H3,(H,21,22,24)/b12-9+. The summed E-state index contributed by atoms with van der Waals surface area (Å²) in [6.07, 6.45) is 2.97. The fraction of sp³-hybridized carbons (Fsp3) is 0.350. The molecule has 10 heteroatoms. The first-order chi connectivity index (χ1) is 14.3. The molecule has 0 saturated carbocycles. The molecule has 1 heterocycles. The van der Waals surface area contributed by atoms with Crippen molar-refractivity contribution in [3.05, 3.63) is 47.0 Å². The van der Waals surface area contributed by atoms with E-state index >= 15 is 0 Å². The number of amides is 1. The van der Waals surface area contributed by atoms with E-state index in [4.69, 9.17) is 4.74 Å². The number of nitrogens with one attached hydrogen (secondary N) is 1. The van der Waals surface area contributed by atoms with Crippen LogP contribution in [0.15, 0.2) is 40.6 Å². The maximum atomic E-state index is 12.5. The zero-order valence-corrected chi connectivity index (χ0v) is 18.8. The summed E-state index contributed by atoms with van der Waals surface area (Å²) in [5, 5.41) is 4.70. The summed E-state index contributed by atoms with van der Waals surface area (Å²) in [6.45, 7) is 6.42. The molecule has 0 spiro atoms. The number of carbonyl (C=O) groups is 2. The lowest BCUT2D eigenvalue weighted by Gasteiger charge is -2.18. The number of nitrogens with zero attached hydrogens (tertiary/aromatic N) is 2. The first-order valence-corrected chi connectivity index (χ1v) is 11.8. The van der Waals surface area contributed by atoms with Gasteiger partial charge in [0, 0.05) is 24.5 Å². The van der Waals surface area contributed by atoms with Crippen molar-refractivity contribution in [3.63, 3.8) is 0 Å². The van der Waals surface area contributed by atoms with Crippen LogP contribution >= 0.6 is 11.3 Å². The molecule has 1 N–H and O–H groups in total. The molecule has 1 aromatic heterocycles. The van der Waals surface area contributed by atoms with Crippen LogP contribution in [0.25, 0.3) is 6.08 Å². The lowest BCUT2D eigenvalue weighted by atomic mass is 10.2. The molecule has 0 aliphatic heterocycles. The Kier molecular flexibility index (Phi) is 8.70. The third-order valence-electron chi connectivity index (χ3n) is 4.06. The van der Waals surface area contributed by atoms with Crippen LogP contribution in [0.1, 0.15) is 32.0 Å². The third-order valence-corrected chi connectivity index (χ3v) is 6.93. The van der Waals surface area contributed by atoms with E-state index in [0.29, 0.717) is 36.1 Å². The number of esters is 1. The van der Waals surface area contributed by atoms with Gasteiger partial charge in [0.1, 0.15) is 0 Å². The summed E-state index contributed by atoms with van der Waals surface area (Å²) >= 11 is 1.22. The van der Waals surface area contributed by atoms with Gasteiger partial charge in [-0.1, -0.05) is 26.0 Å². The normalized spacial score (nSPS) is 11.7. The van der Waals surface area contributed by atoms with Crippen LogP contribution in [0.5, 0.6) is 0 Å². The molecule has 0 radical (unpaired) electrons. The number of ether oxygens (including phenoxy) is 1. The Morgan fingerprint density at radius 1 is 1.17 bits per heavy atom. The Balaban J connectivity index is 1.97. The van der Waals surface area contributed by atoms with E-state index in [1.54, 1.807) is 44.4 Å². The van der Waals surface area contributed by atoms with Crippen LogP contribution in [0, 0.1) is 0 Å². The Morgan fingerprint density at radius 2 is 1.83 bits per heavy atom. The number of sulfonamides is 1. The zero-order chi connectivity index (χ0) is 22.1. The predicted molar refractivity (Wildman–Crippen MR) is 117 cm³/mol. The molecule has 0 unspecified atom stereocenters. The lowest BCUT2D eigenvalue weighted by Crippen LogP contribution is -2.30. The first-order valence-electron chi connectivity index (χ1n) is 9.49. The monoisotopic (exact) mass is 451 g/mol. The van der Waals surface area contributed by atoms with Crippen molar-refractivity contribution in [1.29, 1.82) is 0 Å². The minimum Gasteiger partial charge on any atom is -0.466 e. The molecule has 162 valence electrons. The van der Waals surface area contributed by atoms with Gasteiger partial charge in [-0.05, 0) is 30.7 Å². The first kappa shape index (κ1) is 23.7. The van der Waals surface area contributed by atoms with Gasteiger partial charge >= 0.3 is 5.97 Å². The van der Waals surface area contributed by atoms with E-state index in [9.17, 15) is 18.0 Å². The molecule has 8 nitrogen and oxygen atoms in total. The van der Waals surface area contributed by atoms with Crippen LogP contribution in [-0.4, -0.2) is 49.3 Å². The topological polar surface area (TPSA) is 106 Å². The molecule has 0 aliphatic rings. The lowest BCUT2D eigenvalue weighted by molar-refractivity contribution is -0.142. The number of carbonyl (C=O) groups excluding carboxylic acids is 2. The highest BCUT2D eigenvalue weighted by atomic mass is 32.2. The molecule has 1 aromatic carbocycles. The fourth-order valence-corrected chi connectivity index (χ4v) is 4.76. The van der Waals surface area contributed by atoms with E-state index < -0.39 is 10.0 Å². The Hall–Kier alpha value is -2.56. The van der Waals surface area contributed by atoms with Crippen molar-refractivity contribution in [1.82, 2.24) is 9.29 Å². The van der Waals surface area contributed by atoms with Gasteiger partial charge in [-0.2, -0.15) is 4.31 Å². The van der Waals surface area contributed by atoms with Crippen LogP contribution in [0.4, 0.5) is 5.13 Å². The van der Waals surface area contributed by atoms with Crippen molar-refractivity contribution in [3.8, 4) is 0 Å². The van der Waals surface area contributed by atoms with Gasteiger partial charge < -0.3 is 4.74 Å². The van der Waals surface area contributed by atoms with Crippen molar-refractivity contribution in [2.45, 2.75) is 32.1 Å². The number of hydrogen-bond acceptors (Lipinski definition) is 7. The van der Waals surface area contributed by atoms with Gasteiger partial charge in [0.05, 0.1) is 23.6 Å². The molecular formula is C20H25N3O5S2. The second kappa shape index (κ2) is 11.0. The largest absolute Gasteiger partial charge is 0.466 e. The smallest absolute Gasteiger partial charge is 0.311 e. The summed E-state index contributed by atoms with van der Waals surface area (Å²) in [5.41, 5.74) is 1.22. The Morgan fingerprint density at radius 3 is 2.43 bits per heavy atom. The number of thiazole rings is 1. The van der Waals surface area contributed by atoms with Crippen LogP contribution in [0.3, 0.4) is 0 Å². The van der Waals surface area contributed by atoms with E-state index in [1.165, 1.54) is 33.9 Å². The predicted octanol–water partition coefficient (Wildman–Crippen LogP) is 2.93. The summed E-state index contributed by atoms with van der Waals surface area (Å²) in [7, 11) is -3.51. The van der Waals surface area contributed by atoms with Crippen LogP contribution in [-0.2, 0) is 30.8 Å². The highest BCUT2D eigenvalue weighted by molar-refractivity contribution is 7.89. The Labute approximate surface area is 180 Å². The average molecular weight is 452 g/mol. The number of benzene rings is 1. The second-order valence-electron chi connectivity index (χ2n) is 6.11. The number of aromatic nitrogens is 1. The molecule has 0 aliphatic carbocycles. The highest BCUT2D eigenvalue weighted by Crippen LogP contribution is 2.18. The van der Waals surface area contributed by atoms with Crippen molar-refractivity contribution < 1.29 is 22.7 Å². The summed E-state index contributed by atoms with van der Waals surface area (Å²) in [4.78, 5) is 27.9. The molecule has 30 heavy (non-hydrogen) atoms. The van der Waals surface area contributed by atoms with Crippen molar-refractivity contribution >= 4 is 44.4 Å². The summed E-state index contributed by atoms with van der Waals surface area (Å²) < 4.78 is 31.2. The molecule has 0 fully saturated rings. The van der Waals surface area contributed by atoms with Crippen LogP contribution in [0.2, 0.25) is 0 Å². The molecule has 0 saturated heterocycles. The quantitative estimate of drug-likeness (QED) is 0.440. The van der Waals surface area contributed by atoms with Gasteiger partial charge in [-0.25, -0.2) is 13.4 Å². The van der Waals surface area contributed by atoms with Crippen molar-refractivity contribution in [2.24, 2.45) is 0 Å². The molecule has 2 rings (SSSR count). The van der Waals surface area contributed by atoms with Gasteiger partial charge in [0.15, 0.2) is 5.13 Å². The summed E-state index contributed by atoms with van der Waals surface area (Å²) in [5.74, 6) is -0.751. The average Bonchev–Trinajstić information content (AvgIpc) is 3.14. The minimum absolute atomic E-state index is 0.0544. The van der Waals surface area contributed by atoms with Gasteiger partial charge in [0.2, 0.25) is 15.9 Å². The zero-order valence-electron chi connectivity index (χ0n) is 17.1. The molecule has 0 bridgehead atoms. The number of hydrogen-bond donors (Lipinski definition) is 1. The number of anilines is 1. The molecular weight excluding hydrogens is 426 g/mol. The maximum absolute atomic E-state index is 12.5. The maximum Gasteiger partial charge on any atom is 0.311 e. The van der Waals surface area contributed by atoms with Gasteiger partial charge in [-0.15, -0.1) is 11.3 Å². The second-order valence-corrected chi connectivity index (χ2v) is 8.90.